The quantitative estimate of drug-likeness (QED) is 0.401. The molecule has 1 amide bonds. The predicted molar refractivity (Wildman–Crippen MR) is 119 cm³/mol. The summed E-state index contributed by atoms with van der Waals surface area (Å²) >= 11 is 0. The Morgan fingerprint density at radius 1 is 0.900 bits per heavy atom. The number of unbranched alkanes of at least 4 members (excludes halogenated alkanes) is 2. The topological polar surface area (TPSA) is 49.9 Å². The Hall–Kier alpha value is -2.14. The van der Waals surface area contributed by atoms with Crippen LogP contribution in [0.3, 0.4) is 0 Å². The highest BCUT2D eigenvalue weighted by atomic mass is 16.5. The molecule has 1 aliphatic heterocycles. The molecule has 3 aliphatic rings. The SMILES string of the molecule is CCCCN1C(=O)[C@@H](C(=O)OCC)[C@H](C2C=CC=C2)N(CCCC)[C@H]1C1C=CC=C1. The van der Waals surface area contributed by atoms with E-state index in [1.165, 1.54) is 0 Å². The molecular formula is C25H36N2O3. The summed E-state index contributed by atoms with van der Waals surface area (Å²) in [4.78, 5) is 31.3. The van der Waals surface area contributed by atoms with Gasteiger partial charge in [0.05, 0.1) is 12.8 Å². The van der Waals surface area contributed by atoms with Crippen molar-refractivity contribution in [3.8, 4) is 0 Å². The highest BCUT2D eigenvalue weighted by Gasteiger charge is 2.53. The molecule has 0 aromatic rings. The number of carbonyl (C=O) groups is 2. The lowest BCUT2D eigenvalue weighted by Crippen LogP contribution is -2.69. The maximum Gasteiger partial charge on any atom is 0.320 e. The van der Waals surface area contributed by atoms with Gasteiger partial charge in [-0.3, -0.25) is 14.5 Å². The third-order valence-corrected chi connectivity index (χ3v) is 6.29. The van der Waals surface area contributed by atoms with Crippen LogP contribution < -0.4 is 0 Å². The third kappa shape index (κ3) is 4.61. The van der Waals surface area contributed by atoms with Crippen LogP contribution in [0.25, 0.3) is 0 Å². The van der Waals surface area contributed by atoms with Crippen LogP contribution in [0, 0.1) is 17.8 Å². The molecule has 0 saturated carbocycles. The molecule has 0 bridgehead atoms. The van der Waals surface area contributed by atoms with Gasteiger partial charge in [0, 0.05) is 31.0 Å². The number of carbonyl (C=O) groups excluding carboxylic acids is 2. The minimum absolute atomic E-state index is 0.0328. The molecule has 5 nitrogen and oxygen atoms in total. The average Bonchev–Trinajstić information content (AvgIpc) is 3.45. The Labute approximate surface area is 181 Å². The summed E-state index contributed by atoms with van der Waals surface area (Å²) in [5.74, 6) is -1.08. The number of nitrogens with zero attached hydrogens (tertiary/aromatic N) is 2. The van der Waals surface area contributed by atoms with Gasteiger partial charge in [0.2, 0.25) is 5.91 Å². The molecule has 0 spiro atoms. The first-order valence-corrected chi connectivity index (χ1v) is 11.6. The Bertz CT molecular complexity index is 700. The van der Waals surface area contributed by atoms with E-state index in [0.717, 1.165) is 32.2 Å². The van der Waals surface area contributed by atoms with E-state index in [2.05, 4.69) is 55.2 Å². The molecule has 5 heteroatoms. The van der Waals surface area contributed by atoms with E-state index in [-0.39, 0.29) is 42.5 Å². The highest BCUT2D eigenvalue weighted by Crippen LogP contribution is 2.38. The van der Waals surface area contributed by atoms with Crippen LogP contribution in [0.2, 0.25) is 0 Å². The maximum atomic E-state index is 13.8. The molecule has 0 aromatic heterocycles. The molecule has 0 aromatic carbocycles. The summed E-state index contributed by atoms with van der Waals surface area (Å²) in [6.45, 7) is 7.92. The molecule has 3 rings (SSSR count). The Kier molecular flexibility index (Phi) is 8.08. The van der Waals surface area contributed by atoms with E-state index in [1.807, 2.05) is 17.1 Å². The van der Waals surface area contributed by atoms with Gasteiger partial charge in [0.25, 0.3) is 0 Å². The molecule has 30 heavy (non-hydrogen) atoms. The van der Waals surface area contributed by atoms with E-state index in [1.54, 1.807) is 6.92 Å². The van der Waals surface area contributed by atoms with Crippen LogP contribution in [-0.2, 0) is 14.3 Å². The summed E-state index contributed by atoms with van der Waals surface area (Å²) in [6, 6.07) is -0.219. The van der Waals surface area contributed by atoms with E-state index >= 15 is 0 Å². The van der Waals surface area contributed by atoms with Crippen molar-refractivity contribution in [1.29, 1.82) is 0 Å². The van der Waals surface area contributed by atoms with Crippen LogP contribution in [0.5, 0.6) is 0 Å². The van der Waals surface area contributed by atoms with Crippen molar-refractivity contribution in [2.24, 2.45) is 17.8 Å². The number of esters is 1. The average molecular weight is 413 g/mol. The smallest absolute Gasteiger partial charge is 0.320 e. The summed E-state index contributed by atoms with van der Waals surface area (Å²) < 4.78 is 5.42. The van der Waals surface area contributed by atoms with Gasteiger partial charge in [0.1, 0.15) is 0 Å². The highest BCUT2D eigenvalue weighted by molar-refractivity contribution is 5.99. The normalized spacial score (nSPS) is 27.0. The van der Waals surface area contributed by atoms with Crippen LogP contribution in [0.4, 0.5) is 0 Å². The van der Waals surface area contributed by atoms with Gasteiger partial charge in [0.15, 0.2) is 5.92 Å². The van der Waals surface area contributed by atoms with Crippen LogP contribution in [0.15, 0.2) is 48.6 Å². The van der Waals surface area contributed by atoms with Gasteiger partial charge in [-0.15, -0.1) is 0 Å². The molecule has 1 fully saturated rings. The minimum Gasteiger partial charge on any atom is -0.465 e. The third-order valence-electron chi connectivity index (χ3n) is 6.29. The molecule has 1 saturated heterocycles. The Morgan fingerprint density at radius 2 is 1.47 bits per heavy atom. The van der Waals surface area contributed by atoms with Gasteiger partial charge in [-0.1, -0.05) is 75.3 Å². The van der Waals surface area contributed by atoms with Crippen molar-refractivity contribution in [1.82, 2.24) is 9.80 Å². The van der Waals surface area contributed by atoms with E-state index in [4.69, 9.17) is 4.74 Å². The molecule has 3 atom stereocenters. The van der Waals surface area contributed by atoms with Crippen molar-refractivity contribution in [3.63, 3.8) is 0 Å². The molecule has 0 unspecified atom stereocenters. The summed E-state index contributed by atoms with van der Waals surface area (Å²) in [5, 5.41) is 0. The molecule has 0 radical (unpaired) electrons. The standard InChI is InChI=1S/C25H36N2O3/c1-4-7-17-26-22(19-13-9-10-14-19)21(25(29)30-6-3)24(28)27(18-8-5-2)23(26)20-15-11-12-16-20/h9-16,19-23H,4-8,17-18H2,1-3H3/t21-,22-,23+/m0/s1. The zero-order chi connectivity index (χ0) is 21.5. The molecule has 164 valence electrons. The van der Waals surface area contributed by atoms with Crippen LogP contribution in [0.1, 0.15) is 46.5 Å². The summed E-state index contributed by atoms with van der Waals surface area (Å²) in [6.07, 6.45) is 20.7. The van der Waals surface area contributed by atoms with Crippen molar-refractivity contribution < 1.29 is 14.3 Å². The first-order valence-electron chi connectivity index (χ1n) is 11.6. The van der Waals surface area contributed by atoms with Crippen LogP contribution in [-0.4, -0.2) is 53.6 Å². The predicted octanol–water partition coefficient (Wildman–Crippen LogP) is 4.09. The van der Waals surface area contributed by atoms with Gasteiger partial charge in [-0.25, -0.2) is 0 Å². The zero-order valence-corrected chi connectivity index (χ0v) is 18.6. The first-order chi connectivity index (χ1) is 14.6. The lowest BCUT2D eigenvalue weighted by Gasteiger charge is -2.53. The number of rotatable bonds is 10. The van der Waals surface area contributed by atoms with Gasteiger partial charge in [-0.2, -0.15) is 0 Å². The van der Waals surface area contributed by atoms with Crippen molar-refractivity contribution in [2.45, 2.75) is 58.7 Å². The van der Waals surface area contributed by atoms with Crippen molar-refractivity contribution in [3.05, 3.63) is 48.6 Å². The molecule has 2 aliphatic carbocycles. The fourth-order valence-electron chi connectivity index (χ4n) is 4.86. The van der Waals surface area contributed by atoms with Gasteiger partial charge in [-0.05, 0) is 19.8 Å². The minimum atomic E-state index is -0.790. The van der Waals surface area contributed by atoms with Crippen molar-refractivity contribution >= 4 is 11.9 Å². The Balaban J connectivity index is 2.06. The van der Waals surface area contributed by atoms with E-state index in [0.29, 0.717) is 6.54 Å². The maximum absolute atomic E-state index is 13.8. The zero-order valence-electron chi connectivity index (χ0n) is 18.6. The fraction of sp³-hybridized carbons (Fsp3) is 0.600. The summed E-state index contributed by atoms with van der Waals surface area (Å²) in [7, 11) is 0. The first kappa shape index (κ1) is 22.5. The van der Waals surface area contributed by atoms with Crippen LogP contribution >= 0.6 is 0 Å². The Morgan fingerprint density at radius 3 is 2.03 bits per heavy atom. The lowest BCUT2D eigenvalue weighted by molar-refractivity contribution is -0.176. The molecule has 0 N–H and O–H groups in total. The largest absolute Gasteiger partial charge is 0.465 e. The number of amides is 1. The lowest BCUT2D eigenvalue weighted by atomic mass is 9.81. The second kappa shape index (κ2) is 10.8. The number of ether oxygens (including phenoxy) is 1. The number of hydrogen-bond donors (Lipinski definition) is 0. The second-order valence-corrected chi connectivity index (χ2v) is 8.30. The number of hydrogen-bond acceptors (Lipinski definition) is 4. The van der Waals surface area contributed by atoms with Gasteiger partial charge < -0.3 is 9.64 Å². The molecule has 1 heterocycles. The monoisotopic (exact) mass is 412 g/mol. The van der Waals surface area contributed by atoms with Crippen molar-refractivity contribution in [2.75, 3.05) is 19.7 Å². The van der Waals surface area contributed by atoms with Gasteiger partial charge >= 0.3 is 5.97 Å². The van der Waals surface area contributed by atoms with E-state index in [9.17, 15) is 9.59 Å². The fourth-order valence-corrected chi connectivity index (χ4v) is 4.86. The second-order valence-electron chi connectivity index (χ2n) is 8.30. The van der Waals surface area contributed by atoms with E-state index < -0.39 is 5.92 Å². The number of allylic oxidation sites excluding steroid dienone is 4. The summed E-state index contributed by atoms with van der Waals surface area (Å²) in [5.41, 5.74) is 0. The molecular weight excluding hydrogens is 376 g/mol.